The second-order valence-electron chi connectivity index (χ2n) is 7.61. The predicted molar refractivity (Wildman–Crippen MR) is 109 cm³/mol. The second-order valence-corrected chi connectivity index (χ2v) is 7.61. The van der Waals surface area contributed by atoms with Gasteiger partial charge in [-0.2, -0.15) is 0 Å². The summed E-state index contributed by atoms with van der Waals surface area (Å²) in [5, 5.41) is 6.51. The Balaban J connectivity index is 1.52. The molecular formula is C23H28N2O3. The van der Waals surface area contributed by atoms with Crippen molar-refractivity contribution in [1.82, 2.24) is 10.6 Å². The van der Waals surface area contributed by atoms with Gasteiger partial charge in [0.1, 0.15) is 11.5 Å². The van der Waals surface area contributed by atoms with E-state index in [0.717, 1.165) is 42.0 Å². The molecule has 5 nitrogen and oxygen atoms in total. The Bertz CT molecular complexity index is 834. The first-order valence-corrected chi connectivity index (χ1v) is 10.1. The molecule has 3 atom stereocenters. The molecule has 0 aromatic heterocycles. The van der Waals surface area contributed by atoms with Gasteiger partial charge in [-0.15, -0.1) is 0 Å². The number of nitrogens with one attached hydrogen (secondary N) is 2. The fourth-order valence-electron chi connectivity index (χ4n) is 4.49. The zero-order valence-corrected chi connectivity index (χ0v) is 16.5. The number of carbonyl (C=O) groups is 1. The maximum absolute atomic E-state index is 11.9. The maximum Gasteiger partial charge on any atom is 0.252 e. The molecule has 5 heteroatoms. The summed E-state index contributed by atoms with van der Waals surface area (Å²) in [5.74, 6) is 2.45. The summed E-state index contributed by atoms with van der Waals surface area (Å²) in [6, 6.07) is 14.7. The van der Waals surface area contributed by atoms with E-state index in [0.29, 0.717) is 31.0 Å². The van der Waals surface area contributed by atoms with Crippen LogP contribution in [0.15, 0.2) is 42.5 Å². The van der Waals surface area contributed by atoms with Gasteiger partial charge in [-0.25, -0.2) is 0 Å². The van der Waals surface area contributed by atoms with Gasteiger partial charge in [-0.1, -0.05) is 25.1 Å². The van der Waals surface area contributed by atoms with Crippen LogP contribution in [0.3, 0.4) is 0 Å². The number of hydrogen-bond donors (Lipinski definition) is 2. The van der Waals surface area contributed by atoms with E-state index < -0.39 is 0 Å². The summed E-state index contributed by atoms with van der Waals surface area (Å²) in [4.78, 5) is 11.9. The number of piperidine rings is 1. The highest BCUT2D eigenvalue weighted by Gasteiger charge is 2.34. The molecule has 2 aromatic rings. The Kier molecular flexibility index (Phi) is 5.53. The summed E-state index contributed by atoms with van der Waals surface area (Å²) in [6.45, 7) is 4.48. The topological polar surface area (TPSA) is 59.6 Å². The van der Waals surface area contributed by atoms with E-state index in [-0.39, 0.29) is 5.91 Å². The first kappa shape index (κ1) is 18.8. The largest absolute Gasteiger partial charge is 0.497 e. The molecule has 1 saturated heterocycles. The van der Waals surface area contributed by atoms with E-state index in [1.807, 2.05) is 30.3 Å². The van der Waals surface area contributed by atoms with Crippen LogP contribution in [0.25, 0.3) is 0 Å². The molecular weight excluding hydrogens is 352 g/mol. The van der Waals surface area contributed by atoms with Crippen LogP contribution >= 0.6 is 0 Å². The first-order valence-electron chi connectivity index (χ1n) is 10.1. The van der Waals surface area contributed by atoms with Crippen molar-refractivity contribution in [3.05, 3.63) is 59.2 Å². The summed E-state index contributed by atoms with van der Waals surface area (Å²) in [5.41, 5.74) is 3.11. The summed E-state index contributed by atoms with van der Waals surface area (Å²) < 4.78 is 11.5. The third-order valence-corrected chi connectivity index (χ3v) is 6.09. The number of carbonyl (C=O) groups excluding carboxylic acids is 1. The molecule has 0 bridgehead atoms. The van der Waals surface area contributed by atoms with Crippen molar-refractivity contribution in [3.8, 4) is 11.5 Å². The highest BCUT2D eigenvalue weighted by Crippen LogP contribution is 2.36. The Morgan fingerprint density at radius 1 is 1.11 bits per heavy atom. The van der Waals surface area contributed by atoms with E-state index in [4.69, 9.17) is 9.47 Å². The Morgan fingerprint density at radius 2 is 1.89 bits per heavy atom. The van der Waals surface area contributed by atoms with Crippen molar-refractivity contribution in [3.63, 3.8) is 0 Å². The minimum atomic E-state index is -0.0117. The summed E-state index contributed by atoms with van der Waals surface area (Å²) >= 11 is 0. The molecule has 0 saturated carbocycles. The number of methoxy groups -OCH3 is 1. The van der Waals surface area contributed by atoms with E-state index >= 15 is 0 Å². The van der Waals surface area contributed by atoms with Crippen LogP contribution < -0.4 is 20.1 Å². The smallest absolute Gasteiger partial charge is 0.252 e. The lowest BCUT2D eigenvalue weighted by atomic mass is 9.76. The molecule has 2 N–H and O–H groups in total. The fraction of sp³-hybridized carbons (Fsp3) is 0.435. The van der Waals surface area contributed by atoms with Crippen LogP contribution in [0.5, 0.6) is 11.5 Å². The highest BCUT2D eigenvalue weighted by molar-refractivity contribution is 5.98. The molecule has 1 fully saturated rings. The molecule has 2 aliphatic heterocycles. The molecule has 1 amide bonds. The number of hydrogen-bond acceptors (Lipinski definition) is 4. The van der Waals surface area contributed by atoms with Gasteiger partial charge in [0.15, 0.2) is 0 Å². The van der Waals surface area contributed by atoms with Gasteiger partial charge in [0.05, 0.1) is 13.7 Å². The lowest BCUT2D eigenvalue weighted by molar-refractivity contribution is 0.0965. The average Bonchev–Trinajstić information content (AvgIpc) is 3.12. The summed E-state index contributed by atoms with van der Waals surface area (Å²) in [6.07, 6.45) is 2.15. The van der Waals surface area contributed by atoms with Crippen LogP contribution in [0.1, 0.15) is 47.2 Å². The second kappa shape index (κ2) is 8.23. The van der Waals surface area contributed by atoms with Crippen LogP contribution in [0.2, 0.25) is 0 Å². The third kappa shape index (κ3) is 3.72. The first-order chi connectivity index (χ1) is 13.7. The Hall–Kier alpha value is -2.53. The van der Waals surface area contributed by atoms with Crippen LogP contribution in [0.4, 0.5) is 0 Å². The molecule has 148 valence electrons. The van der Waals surface area contributed by atoms with E-state index in [9.17, 15) is 4.79 Å². The van der Waals surface area contributed by atoms with Gasteiger partial charge in [0.2, 0.25) is 0 Å². The van der Waals surface area contributed by atoms with E-state index in [2.05, 4.69) is 29.7 Å². The van der Waals surface area contributed by atoms with Crippen molar-refractivity contribution >= 4 is 5.91 Å². The Labute approximate surface area is 166 Å². The summed E-state index contributed by atoms with van der Waals surface area (Å²) in [7, 11) is 1.69. The van der Waals surface area contributed by atoms with Crippen LogP contribution in [-0.4, -0.2) is 32.2 Å². The van der Waals surface area contributed by atoms with Crippen molar-refractivity contribution < 1.29 is 14.3 Å². The van der Waals surface area contributed by atoms with Crippen molar-refractivity contribution in [2.24, 2.45) is 5.92 Å². The zero-order valence-electron chi connectivity index (χ0n) is 16.5. The number of fused-ring (bicyclic) bond motifs is 1. The number of amides is 1. The van der Waals surface area contributed by atoms with Crippen LogP contribution in [-0.2, 0) is 6.54 Å². The lowest BCUT2D eigenvalue weighted by Gasteiger charge is -2.39. The number of ether oxygens (including phenoxy) is 2. The lowest BCUT2D eigenvalue weighted by Crippen LogP contribution is -2.47. The number of rotatable bonds is 6. The van der Waals surface area contributed by atoms with E-state index in [1.54, 1.807) is 7.11 Å². The van der Waals surface area contributed by atoms with Gasteiger partial charge in [-0.3, -0.25) is 4.79 Å². The van der Waals surface area contributed by atoms with Gasteiger partial charge in [-0.05, 0) is 60.7 Å². The van der Waals surface area contributed by atoms with Crippen molar-refractivity contribution in [2.45, 2.75) is 38.3 Å². The third-order valence-electron chi connectivity index (χ3n) is 6.09. The normalized spacial score (nSPS) is 23.8. The molecule has 2 aromatic carbocycles. The standard InChI is InChI=1S/C23H28N2O3/c1-3-22-21(14-28-18-9-6-16-13-25-23(26)20(16)12-18)19(10-11-24-22)15-4-7-17(27-2)8-5-15/h4-9,12,19,21-22,24H,3,10-11,13-14H2,1-2H3,(H,25,26)/t19-,21-,22+/m0/s1. The SMILES string of the molecule is CC[C@H]1NCC[C@@H](c2ccc(OC)cc2)[C@@H]1COc1ccc2c(c1)C(=O)NC2. The maximum atomic E-state index is 11.9. The minimum Gasteiger partial charge on any atom is -0.497 e. The van der Waals surface area contributed by atoms with Gasteiger partial charge in [0.25, 0.3) is 5.91 Å². The quantitative estimate of drug-likeness (QED) is 0.805. The molecule has 28 heavy (non-hydrogen) atoms. The average molecular weight is 380 g/mol. The molecule has 4 rings (SSSR count). The fourth-order valence-corrected chi connectivity index (χ4v) is 4.49. The molecule has 2 heterocycles. The van der Waals surface area contributed by atoms with Crippen molar-refractivity contribution in [2.75, 3.05) is 20.3 Å². The molecule has 0 unspecified atom stereocenters. The highest BCUT2D eigenvalue weighted by atomic mass is 16.5. The number of benzene rings is 2. The minimum absolute atomic E-state index is 0.0117. The van der Waals surface area contributed by atoms with Gasteiger partial charge in [0, 0.05) is 24.1 Å². The zero-order chi connectivity index (χ0) is 19.5. The van der Waals surface area contributed by atoms with Gasteiger partial charge >= 0.3 is 0 Å². The van der Waals surface area contributed by atoms with E-state index in [1.165, 1.54) is 5.56 Å². The van der Waals surface area contributed by atoms with Gasteiger partial charge < -0.3 is 20.1 Å². The monoisotopic (exact) mass is 380 g/mol. The molecule has 2 aliphatic rings. The van der Waals surface area contributed by atoms with Crippen LogP contribution in [0, 0.1) is 5.92 Å². The predicted octanol–water partition coefficient (Wildman–Crippen LogP) is 3.49. The molecule has 0 aliphatic carbocycles. The van der Waals surface area contributed by atoms with Crippen molar-refractivity contribution in [1.29, 1.82) is 0 Å². The molecule has 0 spiro atoms. The molecule has 0 radical (unpaired) electrons. The Morgan fingerprint density at radius 3 is 2.64 bits per heavy atom.